The van der Waals surface area contributed by atoms with E-state index in [4.69, 9.17) is 4.74 Å². The van der Waals surface area contributed by atoms with Crippen LogP contribution in [0.2, 0.25) is 0 Å². The Balaban J connectivity index is 1.65. The highest BCUT2D eigenvalue weighted by Crippen LogP contribution is 2.24. The molecule has 0 radical (unpaired) electrons. The predicted octanol–water partition coefficient (Wildman–Crippen LogP) is 3.17. The van der Waals surface area contributed by atoms with Gasteiger partial charge in [-0.3, -0.25) is 4.79 Å². The Morgan fingerprint density at radius 1 is 1.24 bits per heavy atom. The summed E-state index contributed by atoms with van der Waals surface area (Å²) >= 11 is 1.41. The molecule has 25 heavy (non-hydrogen) atoms. The van der Waals surface area contributed by atoms with E-state index in [0.29, 0.717) is 11.6 Å². The van der Waals surface area contributed by atoms with E-state index in [2.05, 4.69) is 21.6 Å². The molecule has 1 unspecified atom stereocenters. The number of carbonyl (C=O) groups is 1. The molecule has 128 valence electrons. The molecular weight excluding hydrogens is 334 g/mol. The molecule has 0 bridgehead atoms. The Kier molecular flexibility index (Phi) is 5.50. The van der Waals surface area contributed by atoms with Crippen LogP contribution in [0.1, 0.15) is 16.7 Å². The van der Waals surface area contributed by atoms with Crippen LogP contribution in [0.5, 0.6) is 5.75 Å². The van der Waals surface area contributed by atoms with Crippen molar-refractivity contribution in [2.45, 2.75) is 18.6 Å². The molecule has 1 fully saturated rings. The Labute approximate surface area is 151 Å². The molecule has 6 heteroatoms. The molecule has 2 aromatic rings. The zero-order chi connectivity index (χ0) is 17.6. The predicted molar refractivity (Wildman–Crippen MR) is 102 cm³/mol. The fourth-order valence-corrected chi connectivity index (χ4v) is 3.52. The largest absolute Gasteiger partial charge is 0.496 e. The maximum absolute atomic E-state index is 12.1. The molecule has 1 amide bonds. The number of thioether (sulfide) groups is 1. The Morgan fingerprint density at radius 2 is 2.08 bits per heavy atom. The molecule has 0 aliphatic carbocycles. The SMILES string of the molecule is COc1ccccc1/C=N/N=C1\NC(=O)C(Cc2cccc(C)c2)S1. The Bertz CT molecular complexity index is 833. The molecule has 0 spiro atoms. The van der Waals surface area contributed by atoms with Gasteiger partial charge in [-0.2, -0.15) is 5.10 Å². The van der Waals surface area contributed by atoms with Crippen LogP contribution in [0.25, 0.3) is 0 Å². The molecule has 1 saturated heterocycles. The summed E-state index contributed by atoms with van der Waals surface area (Å²) in [6.45, 7) is 2.05. The average molecular weight is 353 g/mol. The normalized spacial score (nSPS) is 18.7. The number of ether oxygens (including phenoxy) is 1. The fourth-order valence-electron chi connectivity index (χ4n) is 2.56. The van der Waals surface area contributed by atoms with Gasteiger partial charge in [-0.05, 0) is 31.0 Å². The van der Waals surface area contributed by atoms with Crippen molar-refractivity contribution in [3.05, 3.63) is 65.2 Å². The molecule has 5 nitrogen and oxygen atoms in total. The first-order chi connectivity index (χ1) is 12.2. The van der Waals surface area contributed by atoms with Gasteiger partial charge in [0.2, 0.25) is 5.91 Å². The van der Waals surface area contributed by atoms with Crippen LogP contribution < -0.4 is 10.1 Å². The van der Waals surface area contributed by atoms with Crippen LogP contribution in [0.15, 0.2) is 58.7 Å². The number of benzene rings is 2. The van der Waals surface area contributed by atoms with E-state index in [1.807, 2.05) is 49.4 Å². The van der Waals surface area contributed by atoms with E-state index < -0.39 is 0 Å². The molecule has 1 atom stereocenters. The van der Waals surface area contributed by atoms with E-state index in [1.165, 1.54) is 17.3 Å². The third kappa shape index (κ3) is 4.48. The summed E-state index contributed by atoms with van der Waals surface area (Å²) in [4.78, 5) is 12.1. The highest BCUT2D eigenvalue weighted by molar-refractivity contribution is 8.15. The number of amides is 1. The maximum atomic E-state index is 12.1. The van der Waals surface area contributed by atoms with Crippen LogP contribution in [0.4, 0.5) is 0 Å². The van der Waals surface area contributed by atoms with Crippen molar-refractivity contribution in [2.75, 3.05) is 7.11 Å². The number of aryl methyl sites for hydroxylation is 1. The van der Waals surface area contributed by atoms with E-state index in [1.54, 1.807) is 13.3 Å². The first kappa shape index (κ1) is 17.2. The van der Waals surface area contributed by atoms with Gasteiger partial charge in [-0.25, -0.2) is 0 Å². The van der Waals surface area contributed by atoms with Crippen molar-refractivity contribution in [1.29, 1.82) is 0 Å². The first-order valence-corrected chi connectivity index (χ1v) is 8.81. The van der Waals surface area contributed by atoms with Crippen molar-refractivity contribution >= 4 is 29.1 Å². The number of amidine groups is 1. The van der Waals surface area contributed by atoms with Crippen molar-refractivity contribution in [3.8, 4) is 5.75 Å². The summed E-state index contributed by atoms with van der Waals surface area (Å²) in [5.74, 6) is 0.699. The Morgan fingerprint density at radius 3 is 2.88 bits per heavy atom. The summed E-state index contributed by atoms with van der Waals surface area (Å²) in [6, 6.07) is 15.7. The number of rotatable bonds is 5. The first-order valence-electron chi connectivity index (χ1n) is 7.93. The van der Waals surface area contributed by atoms with Gasteiger partial charge in [0.25, 0.3) is 0 Å². The monoisotopic (exact) mass is 353 g/mol. The third-order valence-electron chi connectivity index (χ3n) is 3.76. The number of nitrogens with one attached hydrogen (secondary N) is 1. The lowest BCUT2D eigenvalue weighted by Crippen LogP contribution is -2.25. The number of nitrogens with zero attached hydrogens (tertiary/aromatic N) is 2. The van der Waals surface area contributed by atoms with Gasteiger partial charge in [0.05, 0.1) is 18.6 Å². The molecular formula is C19H19N3O2S. The van der Waals surface area contributed by atoms with Gasteiger partial charge in [0.15, 0.2) is 5.17 Å². The van der Waals surface area contributed by atoms with Crippen molar-refractivity contribution < 1.29 is 9.53 Å². The summed E-state index contributed by atoms with van der Waals surface area (Å²) < 4.78 is 5.26. The van der Waals surface area contributed by atoms with Gasteiger partial charge in [0.1, 0.15) is 5.75 Å². The fraction of sp³-hybridized carbons (Fsp3) is 0.211. The topological polar surface area (TPSA) is 63.1 Å². The number of hydrogen-bond acceptors (Lipinski definition) is 5. The Hall–Kier alpha value is -2.60. The van der Waals surface area contributed by atoms with Gasteiger partial charge in [-0.1, -0.05) is 53.7 Å². The van der Waals surface area contributed by atoms with Crippen LogP contribution in [-0.4, -0.2) is 29.6 Å². The minimum absolute atomic E-state index is 0.0299. The third-order valence-corrected chi connectivity index (χ3v) is 4.84. The van der Waals surface area contributed by atoms with Crippen LogP contribution in [-0.2, 0) is 11.2 Å². The van der Waals surface area contributed by atoms with Crippen molar-refractivity contribution in [3.63, 3.8) is 0 Å². The molecule has 1 aliphatic heterocycles. The smallest absolute Gasteiger partial charge is 0.239 e. The van der Waals surface area contributed by atoms with E-state index in [0.717, 1.165) is 16.9 Å². The van der Waals surface area contributed by atoms with Crippen molar-refractivity contribution in [2.24, 2.45) is 10.2 Å². The van der Waals surface area contributed by atoms with Gasteiger partial charge < -0.3 is 10.1 Å². The second-order valence-corrected chi connectivity index (χ2v) is 6.87. The van der Waals surface area contributed by atoms with E-state index in [-0.39, 0.29) is 11.2 Å². The lowest BCUT2D eigenvalue weighted by atomic mass is 10.1. The second-order valence-electron chi connectivity index (χ2n) is 5.68. The molecule has 1 heterocycles. The molecule has 3 rings (SSSR count). The summed E-state index contributed by atoms with van der Waals surface area (Å²) in [6.07, 6.45) is 2.29. The summed E-state index contributed by atoms with van der Waals surface area (Å²) in [7, 11) is 1.61. The quantitative estimate of drug-likeness (QED) is 0.663. The zero-order valence-electron chi connectivity index (χ0n) is 14.1. The number of methoxy groups -OCH3 is 1. The molecule has 0 saturated carbocycles. The number of hydrogen-bond donors (Lipinski definition) is 1. The number of para-hydroxylation sites is 1. The molecule has 0 aromatic heterocycles. The minimum Gasteiger partial charge on any atom is -0.496 e. The number of carbonyl (C=O) groups excluding carboxylic acids is 1. The van der Waals surface area contributed by atoms with Crippen LogP contribution in [0.3, 0.4) is 0 Å². The highest BCUT2D eigenvalue weighted by Gasteiger charge is 2.30. The lowest BCUT2D eigenvalue weighted by molar-refractivity contribution is -0.118. The van der Waals surface area contributed by atoms with Crippen molar-refractivity contribution in [1.82, 2.24) is 5.32 Å². The maximum Gasteiger partial charge on any atom is 0.239 e. The van der Waals surface area contributed by atoms with Crippen LogP contribution >= 0.6 is 11.8 Å². The molecule has 2 aromatic carbocycles. The van der Waals surface area contributed by atoms with Gasteiger partial charge in [0, 0.05) is 5.56 Å². The molecule has 1 aliphatic rings. The average Bonchev–Trinajstić information content (AvgIpc) is 2.95. The second kappa shape index (κ2) is 7.98. The van der Waals surface area contributed by atoms with Gasteiger partial charge in [-0.15, -0.1) is 5.10 Å². The standard InChI is InChI=1S/C19H19N3O2S/c1-13-6-5-7-14(10-13)11-17-18(23)21-19(25-17)22-20-12-15-8-3-4-9-16(15)24-2/h3-10,12,17H,11H2,1-2H3,(H,21,22,23)/b20-12+. The summed E-state index contributed by atoms with van der Waals surface area (Å²) in [5.41, 5.74) is 3.17. The summed E-state index contributed by atoms with van der Waals surface area (Å²) in [5, 5.41) is 11.3. The van der Waals surface area contributed by atoms with E-state index >= 15 is 0 Å². The van der Waals surface area contributed by atoms with E-state index in [9.17, 15) is 4.79 Å². The zero-order valence-corrected chi connectivity index (χ0v) is 14.9. The lowest BCUT2D eigenvalue weighted by Gasteiger charge is -2.05. The van der Waals surface area contributed by atoms with Crippen LogP contribution in [0, 0.1) is 6.92 Å². The molecule has 1 N–H and O–H groups in total. The highest BCUT2D eigenvalue weighted by atomic mass is 32.2. The van der Waals surface area contributed by atoms with Gasteiger partial charge >= 0.3 is 0 Å². The minimum atomic E-state index is -0.179.